The van der Waals surface area contributed by atoms with Crippen molar-refractivity contribution in [1.29, 1.82) is 0 Å². The topological polar surface area (TPSA) is 73.0 Å². The summed E-state index contributed by atoms with van der Waals surface area (Å²) in [5.41, 5.74) is 1.18. The lowest BCUT2D eigenvalue weighted by atomic mass is 9.96. The van der Waals surface area contributed by atoms with Crippen LogP contribution in [-0.4, -0.2) is 48.0 Å². The van der Waals surface area contributed by atoms with E-state index in [0.717, 1.165) is 24.9 Å². The van der Waals surface area contributed by atoms with Crippen molar-refractivity contribution >= 4 is 40.3 Å². The van der Waals surface area contributed by atoms with Gasteiger partial charge in [0.25, 0.3) is 5.56 Å². The fraction of sp³-hybridized carbons (Fsp3) is 0.455. The molecule has 1 saturated heterocycles. The van der Waals surface area contributed by atoms with Crippen LogP contribution in [0.1, 0.15) is 45.6 Å². The Labute approximate surface area is 189 Å². The summed E-state index contributed by atoms with van der Waals surface area (Å²) in [5.74, 6) is 0.799. The number of likely N-dealkylation sites (tertiary alicyclic amines) is 1. The number of carbonyl (C=O) groups excluding carboxylic acids is 1. The maximum atomic E-state index is 13.3. The first kappa shape index (κ1) is 20.6. The van der Waals surface area contributed by atoms with E-state index in [1.54, 1.807) is 27.6 Å². The summed E-state index contributed by atoms with van der Waals surface area (Å²) in [6, 6.07) is 7.57. The number of benzene rings is 1. The summed E-state index contributed by atoms with van der Waals surface area (Å²) >= 11 is 7.52. The monoisotopic (exact) mass is 457 g/mol. The number of halogens is 1. The number of nitrogens with zero attached hydrogens (tertiary/aromatic N) is 5. The van der Waals surface area contributed by atoms with E-state index >= 15 is 0 Å². The van der Waals surface area contributed by atoms with Gasteiger partial charge in [0.1, 0.15) is 5.39 Å². The molecule has 0 aliphatic carbocycles. The zero-order chi connectivity index (χ0) is 21.7. The number of hydrogen-bond donors (Lipinski definition) is 0. The second kappa shape index (κ2) is 7.98. The molecule has 4 heterocycles. The summed E-state index contributed by atoms with van der Waals surface area (Å²) in [5, 5.41) is 6.12. The molecule has 2 aliphatic heterocycles. The van der Waals surface area contributed by atoms with Crippen molar-refractivity contribution in [3.8, 4) is 5.69 Å². The maximum absolute atomic E-state index is 13.3. The van der Waals surface area contributed by atoms with Gasteiger partial charge in [-0.2, -0.15) is 5.10 Å². The van der Waals surface area contributed by atoms with Crippen molar-refractivity contribution in [3.63, 3.8) is 0 Å². The molecule has 0 N–H and O–H groups in total. The molecule has 3 unspecified atom stereocenters. The lowest BCUT2D eigenvalue weighted by Crippen LogP contribution is -2.48. The number of thioether (sulfide) groups is 1. The number of rotatable bonds is 3. The van der Waals surface area contributed by atoms with Crippen molar-refractivity contribution < 1.29 is 4.79 Å². The molecule has 162 valence electrons. The van der Waals surface area contributed by atoms with E-state index in [2.05, 4.69) is 18.9 Å². The van der Waals surface area contributed by atoms with Crippen LogP contribution in [0.2, 0.25) is 5.02 Å². The number of aromatic nitrogens is 4. The van der Waals surface area contributed by atoms with Gasteiger partial charge in [-0.15, -0.1) is 0 Å². The molecule has 0 saturated carbocycles. The number of amides is 1. The fourth-order valence-electron chi connectivity index (χ4n) is 4.77. The third kappa shape index (κ3) is 3.55. The molecule has 2 aromatic heterocycles. The van der Waals surface area contributed by atoms with E-state index < -0.39 is 0 Å². The van der Waals surface area contributed by atoms with Crippen molar-refractivity contribution in [1.82, 2.24) is 24.2 Å². The van der Waals surface area contributed by atoms with Crippen LogP contribution in [0, 0.1) is 0 Å². The second-order valence-electron chi connectivity index (χ2n) is 8.44. The van der Waals surface area contributed by atoms with Crippen LogP contribution in [-0.2, 0) is 4.79 Å². The predicted octanol–water partition coefficient (Wildman–Crippen LogP) is 4.06. The number of piperidine rings is 1. The van der Waals surface area contributed by atoms with E-state index in [0.29, 0.717) is 33.4 Å². The quantitative estimate of drug-likeness (QED) is 0.554. The zero-order valence-corrected chi connectivity index (χ0v) is 19.1. The standard InChI is InChI=1S/C22H24ClN5O2S/c1-13-4-3-5-14(2)26(13)19(29)10-17-12-31-22-25-20-18(21(30)27(17)22)11-24-28(20)16-8-6-15(23)7-9-16/h6-9,11,13-14,17H,3-5,10,12H2,1-2H3. The third-order valence-corrected chi connectivity index (χ3v) is 7.68. The van der Waals surface area contributed by atoms with E-state index in [4.69, 9.17) is 16.6 Å². The SMILES string of the molecule is CC1CCCC(C)N1C(=O)CC1CSc2nc3c(cnn3-c3ccc(Cl)cc3)c(=O)n21. The van der Waals surface area contributed by atoms with Crippen LogP contribution in [0.5, 0.6) is 0 Å². The first-order valence-electron chi connectivity index (χ1n) is 10.6. The van der Waals surface area contributed by atoms with Crippen LogP contribution in [0.25, 0.3) is 16.7 Å². The molecule has 7 nitrogen and oxygen atoms in total. The minimum absolute atomic E-state index is 0.127. The highest BCUT2D eigenvalue weighted by molar-refractivity contribution is 7.99. The molecule has 31 heavy (non-hydrogen) atoms. The number of hydrogen-bond acceptors (Lipinski definition) is 5. The van der Waals surface area contributed by atoms with Crippen LogP contribution in [0.15, 0.2) is 40.4 Å². The van der Waals surface area contributed by atoms with Crippen molar-refractivity contribution in [2.45, 2.75) is 62.8 Å². The summed E-state index contributed by atoms with van der Waals surface area (Å²) in [4.78, 5) is 33.2. The number of fused-ring (bicyclic) bond motifs is 2. The van der Waals surface area contributed by atoms with Crippen molar-refractivity contribution in [2.75, 3.05) is 5.75 Å². The predicted molar refractivity (Wildman–Crippen MR) is 122 cm³/mol. The summed E-state index contributed by atoms with van der Waals surface area (Å²) in [6.45, 7) is 4.24. The van der Waals surface area contributed by atoms with Crippen molar-refractivity contribution in [2.24, 2.45) is 0 Å². The molecular weight excluding hydrogens is 434 g/mol. The number of carbonyl (C=O) groups is 1. The first-order valence-corrected chi connectivity index (χ1v) is 12.0. The van der Waals surface area contributed by atoms with Gasteiger partial charge in [0.2, 0.25) is 5.91 Å². The minimum atomic E-state index is -0.183. The zero-order valence-electron chi connectivity index (χ0n) is 17.5. The highest BCUT2D eigenvalue weighted by Crippen LogP contribution is 2.35. The molecule has 3 atom stereocenters. The van der Waals surface area contributed by atoms with Gasteiger partial charge in [0.05, 0.1) is 17.9 Å². The Kier molecular flexibility index (Phi) is 5.30. The van der Waals surface area contributed by atoms with Crippen LogP contribution < -0.4 is 5.56 Å². The molecule has 1 fully saturated rings. The van der Waals surface area contributed by atoms with Gasteiger partial charge in [-0.25, -0.2) is 9.67 Å². The first-order chi connectivity index (χ1) is 14.9. The Morgan fingerprint density at radius 3 is 2.61 bits per heavy atom. The molecule has 2 aliphatic rings. The van der Waals surface area contributed by atoms with Crippen LogP contribution >= 0.6 is 23.4 Å². The van der Waals surface area contributed by atoms with Crippen LogP contribution in [0.4, 0.5) is 0 Å². The molecule has 0 spiro atoms. The van der Waals surface area contributed by atoms with E-state index in [-0.39, 0.29) is 29.6 Å². The van der Waals surface area contributed by atoms with E-state index in [1.807, 2.05) is 17.0 Å². The van der Waals surface area contributed by atoms with Gasteiger partial charge >= 0.3 is 0 Å². The van der Waals surface area contributed by atoms with Gasteiger partial charge < -0.3 is 4.90 Å². The average Bonchev–Trinajstić information content (AvgIpc) is 3.34. The van der Waals surface area contributed by atoms with Gasteiger partial charge in [-0.1, -0.05) is 23.4 Å². The van der Waals surface area contributed by atoms with E-state index in [1.165, 1.54) is 11.8 Å². The van der Waals surface area contributed by atoms with Gasteiger partial charge in [-0.3, -0.25) is 14.2 Å². The Bertz CT molecular complexity index is 1200. The summed E-state index contributed by atoms with van der Waals surface area (Å²) < 4.78 is 3.35. The normalized spacial score (nSPS) is 23.3. The average molecular weight is 458 g/mol. The van der Waals surface area contributed by atoms with Gasteiger partial charge in [0, 0.05) is 29.3 Å². The lowest BCUT2D eigenvalue weighted by molar-refractivity contribution is -0.138. The molecule has 5 rings (SSSR count). The maximum Gasteiger partial charge on any atom is 0.265 e. The molecule has 1 aromatic carbocycles. The molecule has 3 aromatic rings. The Morgan fingerprint density at radius 1 is 1.19 bits per heavy atom. The smallest absolute Gasteiger partial charge is 0.265 e. The van der Waals surface area contributed by atoms with Gasteiger partial charge in [0.15, 0.2) is 10.8 Å². The highest BCUT2D eigenvalue weighted by Gasteiger charge is 2.34. The molecule has 0 bridgehead atoms. The van der Waals surface area contributed by atoms with Crippen molar-refractivity contribution in [3.05, 3.63) is 45.8 Å². The fourth-order valence-corrected chi connectivity index (χ4v) is 6.03. The van der Waals surface area contributed by atoms with Crippen LogP contribution in [0.3, 0.4) is 0 Å². The Hall–Kier alpha value is -2.32. The van der Waals surface area contributed by atoms with Gasteiger partial charge in [-0.05, 0) is 57.4 Å². The Balaban J connectivity index is 1.47. The molecular formula is C22H24ClN5O2S. The third-order valence-electron chi connectivity index (χ3n) is 6.33. The second-order valence-corrected chi connectivity index (χ2v) is 9.86. The lowest BCUT2D eigenvalue weighted by Gasteiger charge is -2.39. The summed E-state index contributed by atoms with van der Waals surface area (Å²) in [7, 11) is 0. The Morgan fingerprint density at radius 2 is 1.90 bits per heavy atom. The molecule has 1 amide bonds. The minimum Gasteiger partial charge on any atom is -0.337 e. The highest BCUT2D eigenvalue weighted by atomic mass is 35.5. The van der Waals surface area contributed by atoms with E-state index in [9.17, 15) is 9.59 Å². The largest absolute Gasteiger partial charge is 0.337 e. The molecule has 0 radical (unpaired) electrons. The summed E-state index contributed by atoms with van der Waals surface area (Å²) in [6.07, 6.45) is 5.12. The molecule has 9 heteroatoms.